The number of nitrogens with zero attached hydrogens (tertiary/aromatic N) is 9. The molecule has 1 aliphatic rings. The molecule has 430 valence electrons. The van der Waals surface area contributed by atoms with Gasteiger partial charge in [-0.05, 0) is 121 Å². The molecule has 0 spiro atoms. The summed E-state index contributed by atoms with van der Waals surface area (Å²) in [5, 5.41) is 102. The van der Waals surface area contributed by atoms with Crippen molar-refractivity contribution in [1.29, 1.82) is 0 Å². The number of H-pyrrole nitrogens is 1. The van der Waals surface area contributed by atoms with E-state index >= 15 is 0 Å². The van der Waals surface area contributed by atoms with Gasteiger partial charge in [-0.1, -0.05) is 15.1 Å². The van der Waals surface area contributed by atoms with E-state index in [4.69, 9.17) is 29.8 Å². The number of carbonyl (C=O) groups excluding carboxylic acids is 1. The Morgan fingerprint density at radius 2 is 1.41 bits per heavy atom. The number of hydrogen-bond donors (Lipinski definition) is 9. The lowest BCUT2D eigenvalue weighted by Gasteiger charge is -2.12. The third-order valence-electron chi connectivity index (χ3n) is 11.7. The van der Waals surface area contributed by atoms with Crippen molar-refractivity contribution in [2.24, 2.45) is 35.8 Å². The SMILES string of the molecule is Cc1cc(N=Nc2c(SOOO)cc3c(ccc4nc(-c5ccc(N=NC6C(=O)N(c7ccc(S(=O)(=O)O)cc7)N=C6C(=O)O)cc5)[nH]c43)c2O)c(OCCCS(=O)(=O)O)cc1N=Nc1cc(SOOO)cc2cc(SOOO)cc(O)c12. The minimum Gasteiger partial charge on any atom is -0.507 e. The van der Waals surface area contributed by atoms with Crippen LogP contribution < -0.4 is 9.75 Å². The van der Waals surface area contributed by atoms with Gasteiger partial charge in [0.1, 0.15) is 28.7 Å². The molecule has 0 saturated carbocycles. The standard InChI is InChI=1S/C47H36N10O21S5/c1-22-15-34(37(72-13-2-14-82(66,67)68)21-33(22)51-53-35-18-27(79-76-73-63)16-24-17-28(80-77-74-64)19-36(58)39(24)35)52-54-41-38(81-78-75-65)20-31-30(44(41)59)11-12-32-40(31)49-45(48-32)23-3-5-25(6-4-23)50-55-42-43(47(61)62)56-57(46(42)60)26-7-9-29(10-8-26)83(69,70)71/h3-12,15-21,42,58-59,63-65H,2,13-14H2,1H3,(H,48,49)(H,61,62)(H,66,67,68)(H,69,70,71). The van der Waals surface area contributed by atoms with E-state index in [1.54, 1.807) is 43.3 Å². The second-order valence-electron chi connectivity index (χ2n) is 16.9. The molecule has 0 saturated heterocycles. The molecule has 8 aromatic rings. The minimum atomic E-state index is -4.55. The number of azo groups is 3. The number of ether oxygens (including phenoxy) is 1. The van der Waals surface area contributed by atoms with Crippen LogP contribution in [0.3, 0.4) is 0 Å². The molecule has 7 aromatic carbocycles. The molecule has 9 N–H and O–H groups in total. The third kappa shape index (κ3) is 13.9. The number of aromatic hydroxyl groups is 2. The summed E-state index contributed by atoms with van der Waals surface area (Å²) in [7, 11) is -8.92. The molecule has 9 rings (SSSR count). The summed E-state index contributed by atoms with van der Waals surface area (Å²) in [5.41, 5.74) is 1.41. The van der Waals surface area contributed by atoms with Gasteiger partial charge in [-0.25, -0.2) is 25.6 Å². The molecule has 36 heteroatoms. The number of carbonyl (C=O) groups is 2. The van der Waals surface area contributed by atoms with Gasteiger partial charge in [0.05, 0.1) is 97.4 Å². The molecule has 0 radical (unpaired) electrons. The number of amides is 1. The normalized spacial score (nSPS) is 14.2. The fourth-order valence-corrected chi connectivity index (χ4v) is 10.3. The molecule has 1 atom stereocenters. The summed E-state index contributed by atoms with van der Waals surface area (Å²) in [5.74, 6) is -3.51. The fraction of sp³-hybridized carbons (Fsp3) is 0.106. The first kappa shape index (κ1) is 59.5. The topological polar surface area (TPSA) is 447 Å². The van der Waals surface area contributed by atoms with Gasteiger partial charge in [0.15, 0.2) is 11.5 Å². The smallest absolute Gasteiger partial charge is 0.355 e. The summed E-state index contributed by atoms with van der Waals surface area (Å²) in [6.45, 7) is 1.37. The van der Waals surface area contributed by atoms with Gasteiger partial charge < -0.3 is 25.0 Å². The van der Waals surface area contributed by atoms with Crippen molar-refractivity contribution in [3.8, 4) is 28.6 Å². The van der Waals surface area contributed by atoms with Crippen molar-refractivity contribution in [2.45, 2.75) is 39.0 Å². The highest BCUT2D eigenvalue weighted by molar-refractivity contribution is 7.95. The average Bonchev–Trinajstić information content (AvgIpc) is 2.61. The number of carboxylic acids is 1. The molecule has 2 heterocycles. The highest BCUT2D eigenvalue weighted by atomic mass is 32.2. The van der Waals surface area contributed by atoms with Crippen LogP contribution in [0.25, 0.3) is 44.0 Å². The molecular formula is C47H36N10O21S5. The number of fused-ring (bicyclic) bond motifs is 4. The minimum absolute atomic E-state index is 0.00161. The molecule has 31 nitrogen and oxygen atoms in total. The first-order chi connectivity index (χ1) is 39.7. The highest BCUT2D eigenvalue weighted by Gasteiger charge is 2.41. The number of hydrogen-bond acceptors (Lipinski definition) is 29. The Morgan fingerprint density at radius 1 is 0.747 bits per heavy atom. The van der Waals surface area contributed by atoms with Crippen molar-refractivity contribution < 1.29 is 99.5 Å². The number of aromatic nitrogens is 2. The van der Waals surface area contributed by atoms with Crippen molar-refractivity contribution in [2.75, 3.05) is 17.4 Å². The number of aromatic amines is 1. The Kier molecular flexibility index (Phi) is 18.3. The zero-order valence-electron chi connectivity index (χ0n) is 41.5. The van der Waals surface area contributed by atoms with E-state index in [0.717, 1.165) is 29.3 Å². The number of phenols is 2. The maximum Gasteiger partial charge on any atom is 0.355 e. The van der Waals surface area contributed by atoms with E-state index in [9.17, 15) is 50.8 Å². The van der Waals surface area contributed by atoms with Gasteiger partial charge in [0.25, 0.3) is 26.1 Å². The van der Waals surface area contributed by atoms with E-state index in [2.05, 4.69) is 64.6 Å². The lowest BCUT2D eigenvalue weighted by Crippen LogP contribution is -2.33. The Bertz CT molecular complexity index is 4190. The van der Waals surface area contributed by atoms with Gasteiger partial charge in [-0.2, -0.15) is 42.3 Å². The van der Waals surface area contributed by atoms with Crippen molar-refractivity contribution in [1.82, 2.24) is 9.97 Å². The first-order valence-corrected chi connectivity index (χ1v) is 28.2. The Balaban J connectivity index is 1.00. The number of benzene rings is 7. The van der Waals surface area contributed by atoms with Crippen molar-refractivity contribution >= 4 is 141 Å². The lowest BCUT2D eigenvalue weighted by atomic mass is 10.1. The maximum atomic E-state index is 13.3. The number of carboxylic acid groups (broad SMARTS) is 1. The van der Waals surface area contributed by atoms with Crippen molar-refractivity contribution in [3.63, 3.8) is 0 Å². The van der Waals surface area contributed by atoms with Gasteiger partial charge in [-0.15, -0.1) is 28.3 Å². The molecule has 0 aliphatic carbocycles. The quantitative estimate of drug-likeness (QED) is 0.00677. The Morgan fingerprint density at radius 3 is 2.07 bits per heavy atom. The maximum absolute atomic E-state index is 13.3. The monoisotopic (exact) mass is 1240 g/mol. The summed E-state index contributed by atoms with van der Waals surface area (Å²) >= 11 is 1.61. The van der Waals surface area contributed by atoms with Crippen LogP contribution in [0.4, 0.5) is 34.1 Å². The summed E-state index contributed by atoms with van der Waals surface area (Å²) in [6.07, 6.45) is -0.167. The van der Waals surface area contributed by atoms with E-state index < -0.39 is 60.3 Å². The van der Waals surface area contributed by atoms with E-state index in [0.29, 0.717) is 84.7 Å². The number of anilines is 1. The molecule has 1 aliphatic heterocycles. The zero-order valence-corrected chi connectivity index (χ0v) is 45.5. The predicted molar refractivity (Wildman–Crippen MR) is 291 cm³/mol. The molecule has 1 aromatic heterocycles. The van der Waals surface area contributed by atoms with Crippen LogP contribution in [0.2, 0.25) is 0 Å². The van der Waals surface area contributed by atoms with Gasteiger partial charge in [0, 0.05) is 32.2 Å². The van der Waals surface area contributed by atoms with E-state index in [-0.39, 0.29) is 74.3 Å². The van der Waals surface area contributed by atoms with Crippen LogP contribution in [0.1, 0.15) is 12.0 Å². The molecule has 1 amide bonds. The predicted octanol–water partition coefficient (Wildman–Crippen LogP) is 11.2. The number of aliphatic carboxylic acids is 1. The lowest BCUT2D eigenvalue weighted by molar-refractivity contribution is -0.432. The fourth-order valence-electron chi connectivity index (χ4n) is 8.01. The largest absolute Gasteiger partial charge is 0.507 e. The molecule has 1 unspecified atom stereocenters. The zero-order chi connectivity index (χ0) is 59.2. The number of rotatable bonds is 24. The first-order valence-electron chi connectivity index (χ1n) is 23.0. The van der Waals surface area contributed by atoms with Crippen molar-refractivity contribution in [3.05, 3.63) is 109 Å². The summed E-state index contributed by atoms with van der Waals surface area (Å²) < 4.78 is 84.5. The summed E-state index contributed by atoms with van der Waals surface area (Å²) in [4.78, 5) is 33.5. The number of hydrazone groups is 1. The second-order valence-corrected chi connectivity index (χ2v) is 22.2. The van der Waals surface area contributed by atoms with Gasteiger partial charge in [-0.3, -0.25) is 13.9 Å². The highest BCUT2D eigenvalue weighted by Crippen LogP contribution is 2.47. The Hall–Kier alpha value is -8.15. The molecule has 83 heavy (non-hydrogen) atoms. The van der Waals surface area contributed by atoms with Crippen LogP contribution in [0, 0.1) is 6.92 Å². The third-order valence-corrected chi connectivity index (χ3v) is 15.1. The van der Waals surface area contributed by atoms with Crippen LogP contribution in [0.5, 0.6) is 17.2 Å². The van der Waals surface area contributed by atoms with Crippen LogP contribution >= 0.6 is 36.1 Å². The Labute approximate surface area is 477 Å². The van der Waals surface area contributed by atoms with E-state index in [1.165, 1.54) is 42.5 Å². The number of aryl methyl sites for hydroxylation is 1. The summed E-state index contributed by atoms with van der Waals surface area (Å²) in [6, 6.07) is 22.3. The van der Waals surface area contributed by atoms with Crippen LogP contribution in [-0.2, 0) is 57.9 Å². The molecule has 0 bridgehead atoms. The second kappa shape index (κ2) is 25.6. The van der Waals surface area contributed by atoms with Crippen LogP contribution in [-0.4, -0.2) is 103 Å². The molecule has 0 fully saturated rings. The van der Waals surface area contributed by atoms with Crippen LogP contribution in [0.15, 0.2) is 158 Å². The average molecular weight is 1240 g/mol. The number of imidazole rings is 1. The van der Waals surface area contributed by atoms with E-state index in [1.807, 2.05) is 0 Å². The van der Waals surface area contributed by atoms with Gasteiger partial charge >= 0.3 is 5.97 Å². The van der Waals surface area contributed by atoms with Gasteiger partial charge in [0.2, 0.25) is 6.04 Å². The number of phenolic OH excluding ortho intramolecular Hbond substituents is 2. The molecular weight excluding hydrogens is 1200 g/mol. The number of nitrogens with one attached hydrogen (secondary N) is 1.